The number of para-hydroxylation sites is 2. The molecule has 0 N–H and O–H groups in total. The third-order valence-corrected chi connectivity index (χ3v) is 12.3. The summed E-state index contributed by atoms with van der Waals surface area (Å²) in [7, 11) is -5.79. The van der Waals surface area contributed by atoms with Crippen LogP contribution >= 0.6 is 7.59 Å². The van der Waals surface area contributed by atoms with Crippen LogP contribution in [0, 0.1) is 87.3 Å². The van der Waals surface area contributed by atoms with Gasteiger partial charge >= 0.3 is 5.87 Å². The Morgan fingerprint density at radius 2 is 0.617 bits per heavy atom. The predicted molar refractivity (Wildman–Crippen MR) is 138 cm³/mol. The highest BCUT2D eigenvalue weighted by Crippen LogP contribution is 2.79. The third-order valence-electron chi connectivity index (χ3n) is 7.75. The van der Waals surface area contributed by atoms with E-state index in [1.54, 1.807) is 0 Å². The molecule has 0 unspecified atom stereocenters. The van der Waals surface area contributed by atoms with Crippen molar-refractivity contribution < 1.29 is 74.9 Å². The van der Waals surface area contributed by atoms with Crippen LogP contribution in [-0.2, 0) is 0 Å². The molecule has 0 aliphatic carbocycles. The smallest absolute Gasteiger partial charge is 0.346 e. The van der Waals surface area contributed by atoms with Gasteiger partial charge in [-0.15, -0.1) is 0 Å². The van der Waals surface area contributed by atoms with E-state index in [1.165, 1.54) is 0 Å². The Hall–Kier alpha value is -4.08. The number of fused-ring (bicyclic) bond motifs is 1. The van der Waals surface area contributed by atoms with Crippen molar-refractivity contribution in [2.45, 2.75) is 25.9 Å². The molecular formula is C28H13BF15O2P. The maximum Gasteiger partial charge on any atom is 0.346 e. The number of benzene rings is 4. The summed E-state index contributed by atoms with van der Waals surface area (Å²) in [5.74, 6) is -53.8. The first-order valence-electron chi connectivity index (χ1n) is 12.8. The molecular weight excluding hydrogens is 695 g/mol. The van der Waals surface area contributed by atoms with Gasteiger partial charge in [-0.2, -0.15) is 0 Å². The van der Waals surface area contributed by atoms with Crippen LogP contribution in [-0.4, -0.2) is 11.0 Å². The van der Waals surface area contributed by atoms with E-state index in [9.17, 15) is 13.2 Å². The van der Waals surface area contributed by atoms with Gasteiger partial charge < -0.3 is 9.05 Å². The lowest BCUT2D eigenvalue weighted by Crippen LogP contribution is -2.76. The number of halogens is 15. The van der Waals surface area contributed by atoms with Crippen molar-refractivity contribution in [3.05, 3.63) is 112 Å². The quantitative estimate of drug-likeness (QED) is 0.0708. The zero-order chi connectivity index (χ0) is 35.3. The van der Waals surface area contributed by atoms with E-state index in [4.69, 9.17) is 9.05 Å². The van der Waals surface area contributed by atoms with E-state index in [-0.39, 0.29) is 0 Å². The van der Waals surface area contributed by atoms with Gasteiger partial charge in [0, 0.05) is 0 Å². The molecule has 2 nitrogen and oxygen atoms in total. The SMILES string of the molecule is CC(C)(C)[P+]1([B-](c2c(F)c(F)c(F)c(F)c2F)(c2c(F)c(F)c(F)c(F)c2F)c2c(F)c(F)c(F)c(F)c2F)Oc2ccccc2O1. The van der Waals surface area contributed by atoms with E-state index in [0.717, 1.165) is 45.0 Å². The summed E-state index contributed by atoms with van der Waals surface area (Å²) >= 11 is 0. The zero-order valence-corrected chi connectivity index (χ0v) is 24.2. The standard InChI is InChI=1S/C28H13BF15O2P/c1-28(2,3)47(45-8-6-4-5-7-9(8)46-47)29(10-13(30)19(36)25(42)20(37)14(10)31,11-15(32)21(38)26(43)22(39)16(11)33)12-17(34)23(40)27(44)24(41)18(12)35/h4-7H,1-3H3. The molecule has 0 saturated carbocycles. The highest BCUT2D eigenvalue weighted by atomic mass is 31.2. The molecule has 4 aromatic rings. The summed E-state index contributed by atoms with van der Waals surface area (Å²) in [4.78, 5) is 0. The second-order valence-corrected chi connectivity index (χ2v) is 14.8. The molecule has 0 radical (unpaired) electrons. The van der Waals surface area contributed by atoms with E-state index in [2.05, 4.69) is 0 Å². The van der Waals surface area contributed by atoms with Crippen LogP contribution in [0.15, 0.2) is 24.3 Å². The molecule has 0 aromatic heterocycles. The zero-order valence-electron chi connectivity index (χ0n) is 23.3. The first kappa shape index (κ1) is 34.3. The summed E-state index contributed by atoms with van der Waals surface area (Å²) in [6.07, 6.45) is 0. The minimum atomic E-state index is -6.10. The lowest BCUT2D eigenvalue weighted by Gasteiger charge is -2.50. The molecule has 0 amide bonds. The van der Waals surface area contributed by atoms with Crippen LogP contribution in [0.25, 0.3) is 0 Å². The van der Waals surface area contributed by atoms with Crippen molar-refractivity contribution in [3.63, 3.8) is 0 Å². The molecule has 1 heterocycles. The normalized spacial score (nSPS) is 14.3. The van der Waals surface area contributed by atoms with Gasteiger partial charge in [-0.05, 0) is 32.9 Å². The topological polar surface area (TPSA) is 18.5 Å². The lowest BCUT2D eigenvalue weighted by molar-refractivity contribution is 0.379. The first-order chi connectivity index (χ1) is 21.7. The predicted octanol–water partition coefficient (Wildman–Crippen LogP) is 7.86. The van der Waals surface area contributed by atoms with Crippen LogP contribution in [0.2, 0.25) is 0 Å². The van der Waals surface area contributed by atoms with Crippen molar-refractivity contribution in [2.24, 2.45) is 0 Å². The van der Waals surface area contributed by atoms with Gasteiger partial charge in [0.2, 0.25) is 19.1 Å². The summed E-state index contributed by atoms with van der Waals surface area (Å²) in [5, 5.41) is -2.37. The van der Waals surface area contributed by atoms with Crippen LogP contribution in [0.5, 0.6) is 11.5 Å². The fraction of sp³-hybridized carbons (Fsp3) is 0.143. The molecule has 0 saturated heterocycles. The Morgan fingerprint density at radius 3 is 0.830 bits per heavy atom. The molecule has 5 rings (SSSR count). The number of rotatable bonds is 4. The highest BCUT2D eigenvalue weighted by molar-refractivity contribution is 8.09. The Bertz CT molecular complexity index is 1730. The Labute approximate surface area is 254 Å². The molecule has 0 spiro atoms. The van der Waals surface area contributed by atoms with Gasteiger partial charge in [0.25, 0.3) is 0 Å². The lowest BCUT2D eigenvalue weighted by atomic mass is 9.33. The fourth-order valence-electron chi connectivity index (χ4n) is 5.83. The molecule has 0 atom stereocenters. The molecule has 1 aliphatic heterocycles. The maximum atomic E-state index is 16.1. The summed E-state index contributed by atoms with van der Waals surface area (Å²) in [6.45, 7) is 2.56. The monoisotopic (exact) mass is 708 g/mol. The molecule has 250 valence electrons. The molecule has 4 aromatic carbocycles. The van der Waals surface area contributed by atoms with Gasteiger partial charge in [-0.1, -0.05) is 28.5 Å². The number of hydrogen-bond donors (Lipinski definition) is 0. The van der Waals surface area contributed by atoms with Crippen LogP contribution in [0.1, 0.15) is 20.8 Å². The van der Waals surface area contributed by atoms with Gasteiger partial charge in [0.05, 0.1) is 0 Å². The van der Waals surface area contributed by atoms with Gasteiger partial charge in [0.15, 0.2) is 52.4 Å². The maximum absolute atomic E-state index is 16.1. The van der Waals surface area contributed by atoms with E-state index >= 15 is 52.7 Å². The number of hydrogen-bond acceptors (Lipinski definition) is 2. The van der Waals surface area contributed by atoms with E-state index in [0.29, 0.717) is 0 Å². The molecule has 0 fully saturated rings. The third kappa shape index (κ3) is 4.28. The first-order valence-corrected chi connectivity index (χ1v) is 14.5. The van der Waals surface area contributed by atoms with Gasteiger partial charge in [-0.25, -0.2) is 65.9 Å². The molecule has 19 heteroatoms. The highest BCUT2D eigenvalue weighted by Gasteiger charge is 2.76. The van der Waals surface area contributed by atoms with Crippen molar-refractivity contribution in [1.82, 2.24) is 0 Å². The van der Waals surface area contributed by atoms with Crippen molar-refractivity contribution in [3.8, 4) is 11.5 Å². The minimum absolute atomic E-state index is 0.654. The van der Waals surface area contributed by atoms with Crippen LogP contribution < -0.4 is 25.4 Å². The minimum Gasteiger partial charge on any atom is -0.352 e. The Kier molecular flexibility index (Phi) is 8.01. The van der Waals surface area contributed by atoms with Crippen LogP contribution in [0.4, 0.5) is 65.9 Å². The van der Waals surface area contributed by atoms with Gasteiger partial charge in [-0.3, -0.25) is 0 Å². The Balaban J connectivity index is 2.30. The van der Waals surface area contributed by atoms with Crippen LogP contribution in [0.3, 0.4) is 0 Å². The van der Waals surface area contributed by atoms with E-state index < -0.39 is 134 Å². The summed E-state index contributed by atoms with van der Waals surface area (Å²) < 4.78 is 241. The van der Waals surface area contributed by atoms with Crippen molar-refractivity contribution >= 4 is 29.8 Å². The summed E-state index contributed by atoms with van der Waals surface area (Å²) in [5.41, 5.74) is -8.32. The van der Waals surface area contributed by atoms with Crippen molar-refractivity contribution in [1.29, 1.82) is 0 Å². The fourth-order valence-corrected chi connectivity index (χ4v) is 10.5. The largest absolute Gasteiger partial charge is 0.352 e. The second kappa shape index (κ2) is 11.0. The average molecular weight is 708 g/mol. The second-order valence-electron chi connectivity index (χ2n) is 11.2. The molecule has 47 heavy (non-hydrogen) atoms. The summed E-state index contributed by atoms with van der Waals surface area (Å²) in [6, 6.07) is 4.13. The molecule has 0 bridgehead atoms. The van der Waals surface area contributed by atoms with E-state index in [1.807, 2.05) is 0 Å². The van der Waals surface area contributed by atoms with Crippen molar-refractivity contribution in [2.75, 3.05) is 0 Å². The Morgan fingerprint density at radius 1 is 0.404 bits per heavy atom. The molecule has 1 aliphatic rings. The average Bonchev–Trinajstić information content (AvgIpc) is 3.44. The van der Waals surface area contributed by atoms with Gasteiger partial charge in [0.1, 0.15) is 40.1 Å².